The van der Waals surface area contributed by atoms with E-state index in [0.29, 0.717) is 37.7 Å². The molecule has 0 fully saturated rings. The molecule has 0 unspecified atom stereocenters. The van der Waals surface area contributed by atoms with Crippen molar-refractivity contribution in [1.82, 2.24) is 10.5 Å². The number of hydrogen-bond acceptors (Lipinski definition) is 5. The first-order chi connectivity index (χ1) is 13.6. The van der Waals surface area contributed by atoms with Gasteiger partial charge in [0.25, 0.3) is 5.91 Å². The van der Waals surface area contributed by atoms with Crippen LogP contribution in [0.3, 0.4) is 0 Å². The van der Waals surface area contributed by atoms with E-state index in [1.165, 1.54) is 17.4 Å². The van der Waals surface area contributed by atoms with Gasteiger partial charge in [0.15, 0.2) is 0 Å². The fourth-order valence-electron chi connectivity index (χ4n) is 2.91. The Balaban J connectivity index is 1.62. The van der Waals surface area contributed by atoms with Crippen LogP contribution in [0.5, 0.6) is 5.75 Å². The Morgan fingerprint density at radius 3 is 2.79 bits per heavy atom. The van der Waals surface area contributed by atoms with Crippen molar-refractivity contribution in [2.75, 3.05) is 0 Å². The van der Waals surface area contributed by atoms with E-state index in [1.807, 2.05) is 30.3 Å². The molecule has 0 aliphatic heterocycles. The standard InChI is InChI=1S/C21H17FN2O3S/c1-13-10-14(24-27-13)11-23-21(25)20-16(12-26-15-6-3-2-4-7-15)19-17(22)8-5-9-18(19)28-20/h2-10H,11-12H2,1H3,(H,23,25). The maximum Gasteiger partial charge on any atom is 0.262 e. The quantitative estimate of drug-likeness (QED) is 0.506. The lowest BCUT2D eigenvalue weighted by Gasteiger charge is -2.08. The highest BCUT2D eigenvalue weighted by Gasteiger charge is 2.21. The van der Waals surface area contributed by atoms with Gasteiger partial charge in [-0.15, -0.1) is 11.3 Å². The predicted molar refractivity (Wildman–Crippen MR) is 105 cm³/mol. The molecule has 0 bridgehead atoms. The van der Waals surface area contributed by atoms with Crippen LogP contribution in [0.4, 0.5) is 4.39 Å². The number of nitrogens with one attached hydrogen (secondary N) is 1. The Bertz CT molecular complexity index is 1120. The molecule has 0 saturated heterocycles. The SMILES string of the molecule is Cc1cc(CNC(=O)c2sc3cccc(F)c3c2COc2ccccc2)no1. The van der Waals surface area contributed by atoms with Crippen molar-refractivity contribution in [1.29, 1.82) is 0 Å². The van der Waals surface area contributed by atoms with E-state index in [1.54, 1.807) is 25.1 Å². The molecule has 0 saturated carbocycles. The van der Waals surface area contributed by atoms with Gasteiger partial charge in [-0.25, -0.2) is 4.39 Å². The highest BCUT2D eigenvalue weighted by atomic mass is 32.1. The minimum absolute atomic E-state index is 0.0940. The third-order valence-corrected chi connectivity index (χ3v) is 5.40. The van der Waals surface area contributed by atoms with Gasteiger partial charge in [0.05, 0.1) is 11.4 Å². The molecule has 7 heteroatoms. The molecule has 0 aliphatic rings. The third-order valence-electron chi connectivity index (χ3n) is 4.20. The van der Waals surface area contributed by atoms with E-state index < -0.39 is 0 Å². The second-order valence-corrected chi connectivity index (χ2v) is 7.29. The van der Waals surface area contributed by atoms with Crippen molar-refractivity contribution in [3.05, 3.63) is 82.3 Å². The number of benzene rings is 2. The number of aromatic nitrogens is 1. The average Bonchev–Trinajstić information content (AvgIpc) is 3.29. The Labute approximate surface area is 164 Å². The summed E-state index contributed by atoms with van der Waals surface area (Å²) in [6.45, 7) is 2.11. The normalized spacial score (nSPS) is 10.9. The Morgan fingerprint density at radius 2 is 2.04 bits per heavy atom. The van der Waals surface area contributed by atoms with Crippen LogP contribution in [0.2, 0.25) is 0 Å². The molecule has 1 amide bonds. The molecule has 0 radical (unpaired) electrons. The summed E-state index contributed by atoms with van der Waals surface area (Å²) in [6.07, 6.45) is 0. The van der Waals surface area contributed by atoms with Crippen molar-refractivity contribution in [2.45, 2.75) is 20.1 Å². The number of thiophene rings is 1. The number of rotatable bonds is 6. The summed E-state index contributed by atoms with van der Waals surface area (Å²) in [5.74, 6) is 0.659. The van der Waals surface area contributed by atoms with E-state index in [2.05, 4.69) is 10.5 Å². The number of nitrogens with zero attached hydrogens (tertiary/aromatic N) is 1. The van der Waals surface area contributed by atoms with Crippen LogP contribution in [-0.4, -0.2) is 11.1 Å². The van der Waals surface area contributed by atoms with Crippen LogP contribution in [0.1, 0.15) is 26.7 Å². The van der Waals surface area contributed by atoms with Crippen molar-refractivity contribution in [2.24, 2.45) is 0 Å². The zero-order valence-corrected chi connectivity index (χ0v) is 15.9. The molecule has 2 heterocycles. The monoisotopic (exact) mass is 396 g/mol. The topological polar surface area (TPSA) is 64.4 Å². The number of carbonyl (C=O) groups excluding carboxylic acids is 1. The molecule has 0 atom stereocenters. The fraction of sp³-hybridized carbons (Fsp3) is 0.143. The van der Waals surface area contributed by atoms with Gasteiger partial charge < -0.3 is 14.6 Å². The van der Waals surface area contributed by atoms with E-state index in [0.717, 1.165) is 0 Å². The largest absolute Gasteiger partial charge is 0.489 e. The molecule has 1 N–H and O–H groups in total. The molecule has 0 aliphatic carbocycles. The van der Waals surface area contributed by atoms with Crippen LogP contribution in [0.15, 0.2) is 59.1 Å². The second kappa shape index (κ2) is 7.82. The average molecular weight is 396 g/mol. The number of para-hydroxylation sites is 1. The highest BCUT2D eigenvalue weighted by Crippen LogP contribution is 2.34. The minimum Gasteiger partial charge on any atom is -0.489 e. The maximum absolute atomic E-state index is 14.5. The molecule has 4 aromatic rings. The first kappa shape index (κ1) is 18.2. The number of amides is 1. The summed E-state index contributed by atoms with van der Waals surface area (Å²) < 4.78 is 26.0. The summed E-state index contributed by atoms with van der Waals surface area (Å²) in [6, 6.07) is 15.8. The molecule has 2 aromatic heterocycles. The highest BCUT2D eigenvalue weighted by molar-refractivity contribution is 7.21. The van der Waals surface area contributed by atoms with E-state index in [4.69, 9.17) is 9.26 Å². The van der Waals surface area contributed by atoms with E-state index >= 15 is 0 Å². The number of hydrogen-bond donors (Lipinski definition) is 1. The maximum atomic E-state index is 14.5. The molecule has 0 spiro atoms. The lowest BCUT2D eigenvalue weighted by molar-refractivity contribution is 0.0952. The minimum atomic E-state index is -0.369. The number of carbonyl (C=O) groups is 1. The lowest BCUT2D eigenvalue weighted by atomic mass is 10.1. The summed E-state index contributed by atoms with van der Waals surface area (Å²) >= 11 is 1.25. The molecule has 5 nitrogen and oxygen atoms in total. The van der Waals surface area contributed by atoms with Gasteiger partial charge in [-0.1, -0.05) is 29.4 Å². The summed E-state index contributed by atoms with van der Waals surface area (Å²) in [5, 5.41) is 7.11. The summed E-state index contributed by atoms with van der Waals surface area (Å²) in [7, 11) is 0. The number of ether oxygens (including phenoxy) is 1. The Kier molecular flexibility index (Phi) is 5.08. The van der Waals surface area contributed by atoms with E-state index in [9.17, 15) is 9.18 Å². The molecule has 142 valence electrons. The summed E-state index contributed by atoms with van der Waals surface area (Å²) in [5.41, 5.74) is 1.16. The number of fused-ring (bicyclic) bond motifs is 1. The summed E-state index contributed by atoms with van der Waals surface area (Å²) in [4.78, 5) is 13.2. The Morgan fingerprint density at radius 1 is 1.21 bits per heavy atom. The smallest absolute Gasteiger partial charge is 0.262 e. The molecular weight excluding hydrogens is 379 g/mol. The van der Waals surface area contributed by atoms with Crippen molar-refractivity contribution in [3.63, 3.8) is 0 Å². The van der Waals surface area contributed by atoms with Crippen LogP contribution in [-0.2, 0) is 13.2 Å². The van der Waals surface area contributed by atoms with Crippen molar-refractivity contribution >= 4 is 27.3 Å². The van der Waals surface area contributed by atoms with Crippen molar-refractivity contribution < 1.29 is 18.4 Å². The zero-order valence-electron chi connectivity index (χ0n) is 15.1. The van der Waals surface area contributed by atoms with Gasteiger partial charge >= 0.3 is 0 Å². The lowest BCUT2D eigenvalue weighted by Crippen LogP contribution is -2.23. The molecule has 28 heavy (non-hydrogen) atoms. The van der Waals surface area contributed by atoms with Crippen LogP contribution in [0.25, 0.3) is 10.1 Å². The molecule has 2 aromatic carbocycles. The Hall–Kier alpha value is -3.19. The first-order valence-electron chi connectivity index (χ1n) is 8.70. The number of halogens is 1. The second-order valence-electron chi connectivity index (χ2n) is 6.24. The van der Waals surface area contributed by atoms with Crippen LogP contribution in [0, 0.1) is 12.7 Å². The molecular formula is C21H17FN2O3S. The fourth-order valence-corrected chi connectivity index (χ4v) is 4.05. The zero-order chi connectivity index (χ0) is 19.5. The molecule has 4 rings (SSSR count). The van der Waals surface area contributed by atoms with Gasteiger partial charge in [-0.3, -0.25) is 4.79 Å². The van der Waals surface area contributed by atoms with Crippen molar-refractivity contribution in [3.8, 4) is 5.75 Å². The van der Waals surface area contributed by atoms with Crippen LogP contribution < -0.4 is 10.1 Å². The number of aryl methyl sites for hydroxylation is 1. The first-order valence-corrected chi connectivity index (χ1v) is 9.51. The van der Waals surface area contributed by atoms with E-state index in [-0.39, 0.29) is 24.9 Å². The van der Waals surface area contributed by atoms with Crippen LogP contribution >= 0.6 is 11.3 Å². The van der Waals surface area contributed by atoms with Gasteiger partial charge in [-0.2, -0.15) is 0 Å². The van der Waals surface area contributed by atoms with Gasteiger partial charge in [0, 0.05) is 21.7 Å². The van der Waals surface area contributed by atoms with Gasteiger partial charge in [-0.05, 0) is 31.2 Å². The predicted octanol–water partition coefficient (Wildman–Crippen LogP) is 4.85. The van der Waals surface area contributed by atoms with Gasteiger partial charge in [0.1, 0.15) is 29.6 Å². The third kappa shape index (κ3) is 3.75. The van der Waals surface area contributed by atoms with Gasteiger partial charge in [0.2, 0.25) is 0 Å².